The highest BCUT2D eigenvalue weighted by Crippen LogP contribution is 2.22. The number of imidazole rings is 1. The number of hydrogen-bond donors (Lipinski definition) is 0. The van der Waals surface area contributed by atoms with Gasteiger partial charge in [0.05, 0.1) is 5.69 Å². The monoisotopic (exact) mass is 412 g/mol. The van der Waals surface area contributed by atoms with Crippen molar-refractivity contribution in [2.24, 2.45) is 0 Å². The Morgan fingerprint density at radius 1 is 1.13 bits per heavy atom. The molecule has 3 rings (SSSR count). The number of amides is 2. The van der Waals surface area contributed by atoms with E-state index < -0.39 is 5.60 Å². The van der Waals surface area contributed by atoms with Crippen LogP contribution in [0, 0.1) is 13.8 Å². The smallest absolute Gasteiger partial charge is 0.410 e. The molecule has 0 aliphatic carbocycles. The molecule has 0 saturated carbocycles. The fourth-order valence-electron chi connectivity index (χ4n) is 3.58. The molecule has 7 heteroatoms. The van der Waals surface area contributed by atoms with Gasteiger partial charge in [-0.3, -0.25) is 4.57 Å². The molecule has 0 bridgehead atoms. The van der Waals surface area contributed by atoms with Crippen LogP contribution in [0.1, 0.15) is 44.7 Å². The first kappa shape index (κ1) is 21.9. The van der Waals surface area contributed by atoms with E-state index in [2.05, 4.69) is 31.0 Å². The Kier molecular flexibility index (Phi) is 6.19. The van der Waals surface area contributed by atoms with Gasteiger partial charge in [-0.05, 0) is 64.7 Å². The molecular weight excluding hydrogens is 380 g/mol. The summed E-state index contributed by atoms with van der Waals surface area (Å²) in [7, 11) is 1.81. The van der Waals surface area contributed by atoms with Crippen LogP contribution in [0.5, 0.6) is 0 Å². The Hall–Kier alpha value is -2.83. The molecule has 1 saturated heterocycles. The number of aryl methyl sites for hydroxylation is 2. The van der Waals surface area contributed by atoms with E-state index in [1.54, 1.807) is 22.3 Å². The predicted molar refractivity (Wildman–Crippen MR) is 117 cm³/mol. The van der Waals surface area contributed by atoms with Crippen molar-refractivity contribution < 1.29 is 14.3 Å². The average molecular weight is 413 g/mol. The molecule has 1 aliphatic rings. The molecule has 7 nitrogen and oxygen atoms in total. The second kappa shape index (κ2) is 8.50. The molecular formula is C23H32N4O3. The molecule has 0 radical (unpaired) electrons. The van der Waals surface area contributed by atoms with Crippen LogP contribution in [0.4, 0.5) is 9.59 Å². The van der Waals surface area contributed by atoms with E-state index in [1.165, 1.54) is 15.7 Å². The van der Waals surface area contributed by atoms with E-state index in [9.17, 15) is 9.59 Å². The minimum absolute atomic E-state index is 0.0728. The second-order valence-electron chi connectivity index (χ2n) is 9.06. The van der Waals surface area contributed by atoms with E-state index in [-0.39, 0.29) is 18.2 Å². The second-order valence-corrected chi connectivity index (χ2v) is 9.06. The Morgan fingerprint density at radius 3 is 2.40 bits per heavy atom. The third-order valence-electron chi connectivity index (χ3n) is 5.57. The molecule has 0 spiro atoms. The van der Waals surface area contributed by atoms with Gasteiger partial charge in [0, 0.05) is 37.9 Å². The van der Waals surface area contributed by atoms with E-state index in [1.807, 2.05) is 33.9 Å². The van der Waals surface area contributed by atoms with Gasteiger partial charge in [0.1, 0.15) is 11.9 Å². The van der Waals surface area contributed by atoms with Crippen molar-refractivity contribution in [2.75, 3.05) is 20.1 Å². The molecule has 2 heterocycles. The van der Waals surface area contributed by atoms with Crippen LogP contribution in [0.3, 0.4) is 0 Å². The third-order valence-corrected chi connectivity index (χ3v) is 5.57. The van der Waals surface area contributed by atoms with Gasteiger partial charge >= 0.3 is 12.1 Å². The Balaban J connectivity index is 1.61. The topological polar surface area (TPSA) is 67.7 Å². The van der Waals surface area contributed by atoms with Crippen molar-refractivity contribution in [2.45, 2.75) is 59.1 Å². The number of carbonyl (C=O) groups excluding carboxylic acids is 2. The van der Waals surface area contributed by atoms with Crippen molar-refractivity contribution in [1.29, 1.82) is 0 Å². The van der Waals surface area contributed by atoms with Crippen molar-refractivity contribution in [3.63, 3.8) is 0 Å². The van der Waals surface area contributed by atoms with Gasteiger partial charge in [-0.2, -0.15) is 0 Å². The maximum atomic E-state index is 13.0. The number of ether oxygens (including phenoxy) is 1. The number of piperidine rings is 1. The number of hydrogen-bond acceptors (Lipinski definition) is 4. The van der Waals surface area contributed by atoms with Crippen LogP contribution in [-0.2, 0) is 4.74 Å². The molecule has 0 atom stereocenters. The van der Waals surface area contributed by atoms with Crippen LogP contribution >= 0.6 is 0 Å². The number of aromatic nitrogens is 2. The molecule has 1 fully saturated rings. The molecule has 1 aromatic heterocycles. The summed E-state index contributed by atoms with van der Waals surface area (Å²) in [5, 5.41) is 0. The van der Waals surface area contributed by atoms with Crippen LogP contribution in [0.15, 0.2) is 30.7 Å². The van der Waals surface area contributed by atoms with Crippen LogP contribution in [-0.4, -0.2) is 63.3 Å². The van der Waals surface area contributed by atoms with Gasteiger partial charge < -0.3 is 14.5 Å². The summed E-state index contributed by atoms with van der Waals surface area (Å²) in [5.41, 5.74) is 3.70. The highest BCUT2D eigenvalue weighted by molar-refractivity contribution is 5.78. The van der Waals surface area contributed by atoms with Gasteiger partial charge in [-0.25, -0.2) is 14.6 Å². The van der Waals surface area contributed by atoms with Gasteiger partial charge in [0.25, 0.3) is 0 Å². The van der Waals surface area contributed by atoms with Crippen LogP contribution < -0.4 is 0 Å². The summed E-state index contributed by atoms with van der Waals surface area (Å²) < 4.78 is 6.98. The van der Waals surface area contributed by atoms with Gasteiger partial charge in [0.15, 0.2) is 0 Å². The minimum Gasteiger partial charge on any atom is -0.444 e. The van der Waals surface area contributed by atoms with Gasteiger partial charge in [-0.1, -0.05) is 12.1 Å². The standard InChI is InChI=1S/C23H32N4O3/c1-16-7-8-18(13-17(16)2)20-14-27(15-24-20)21(28)25(6)19-9-11-26(12-10-19)22(29)30-23(3,4)5/h7-8,13-15,19H,9-12H2,1-6H3. The maximum Gasteiger partial charge on any atom is 0.410 e. The summed E-state index contributed by atoms with van der Waals surface area (Å²) in [5.74, 6) is 0. The van der Waals surface area contributed by atoms with Crippen LogP contribution in [0.2, 0.25) is 0 Å². The maximum absolute atomic E-state index is 13.0. The van der Waals surface area contributed by atoms with Crippen LogP contribution in [0.25, 0.3) is 11.3 Å². The predicted octanol–water partition coefficient (Wildman–Crippen LogP) is 4.47. The zero-order valence-corrected chi connectivity index (χ0v) is 18.8. The zero-order valence-electron chi connectivity index (χ0n) is 18.8. The van der Waals surface area contributed by atoms with Crippen molar-refractivity contribution in [3.8, 4) is 11.3 Å². The quantitative estimate of drug-likeness (QED) is 0.730. The SMILES string of the molecule is Cc1ccc(-c2cn(C(=O)N(C)C3CCN(C(=O)OC(C)(C)C)CC3)cn2)cc1C. The zero-order chi connectivity index (χ0) is 22.1. The molecule has 30 heavy (non-hydrogen) atoms. The number of nitrogens with zero attached hydrogens (tertiary/aromatic N) is 4. The lowest BCUT2D eigenvalue weighted by Gasteiger charge is -2.37. The van der Waals surface area contributed by atoms with E-state index >= 15 is 0 Å². The summed E-state index contributed by atoms with van der Waals surface area (Å²) in [4.78, 5) is 33.1. The summed E-state index contributed by atoms with van der Waals surface area (Å²) in [6.45, 7) is 10.9. The lowest BCUT2D eigenvalue weighted by molar-refractivity contribution is 0.0172. The highest BCUT2D eigenvalue weighted by atomic mass is 16.6. The summed E-state index contributed by atoms with van der Waals surface area (Å²) >= 11 is 0. The number of likely N-dealkylation sites (tertiary alicyclic amines) is 1. The van der Waals surface area contributed by atoms with Crippen molar-refractivity contribution in [3.05, 3.63) is 41.9 Å². The number of benzene rings is 1. The first-order valence-electron chi connectivity index (χ1n) is 10.4. The van der Waals surface area contributed by atoms with E-state index in [0.717, 1.165) is 24.1 Å². The molecule has 1 aliphatic heterocycles. The Morgan fingerprint density at radius 2 is 1.80 bits per heavy atom. The van der Waals surface area contributed by atoms with Crippen molar-refractivity contribution >= 4 is 12.1 Å². The lowest BCUT2D eigenvalue weighted by Crippen LogP contribution is -2.49. The fraction of sp³-hybridized carbons (Fsp3) is 0.522. The molecule has 162 valence electrons. The molecule has 0 N–H and O–H groups in total. The molecule has 2 aromatic rings. The van der Waals surface area contributed by atoms with Gasteiger partial charge in [-0.15, -0.1) is 0 Å². The third kappa shape index (κ3) is 5.01. The average Bonchev–Trinajstić information content (AvgIpc) is 3.18. The minimum atomic E-state index is -0.504. The first-order chi connectivity index (χ1) is 14.0. The summed E-state index contributed by atoms with van der Waals surface area (Å²) in [6, 6.07) is 6.13. The Bertz CT molecular complexity index is 921. The lowest BCUT2D eigenvalue weighted by atomic mass is 10.0. The van der Waals surface area contributed by atoms with Crippen molar-refractivity contribution in [1.82, 2.24) is 19.4 Å². The molecule has 0 unspecified atom stereocenters. The highest BCUT2D eigenvalue weighted by Gasteiger charge is 2.30. The summed E-state index contributed by atoms with van der Waals surface area (Å²) in [6.07, 6.45) is 4.50. The van der Waals surface area contributed by atoms with E-state index in [4.69, 9.17) is 4.74 Å². The first-order valence-corrected chi connectivity index (χ1v) is 10.4. The Labute approximate surface area is 178 Å². The molecule has 2 amide bonds. The fourth-order valence-corrected chi connectivity index (χ4v) is 3.58. The number of rotatable bonds is 2. The largest absolute Gasteiger partial charge is 0.444 e. The van der Waals surface area contributed by atoms with E-state index in [0.29, 0.717) is 13.1 Å². The normalized spacial score (nSPS) is 15.2. The number of carbonyl (C=O) groups is 2. The van der Waals surface area contributed by atoms with Gasteiger partial charge in [0.2, 0.25) is 0 Å². The molecule has 1 aromatic carbocycles.